The Labute approximate surface area is 120 Å². The zero-order valence-corrected chi connectivity index (χ0v) is 12.1. The van der Waals surface area contributed by atoms with Gasteiger partial charge in [0, 0.05) is 31.3 Å². The van der Waals surface area contributed by atoms with Crippen molar-refractivity contribution in [3.8, 4) is 11.8 Å². The summed E-state index contributed by atoms with van der Waals surface area (Å²) in [5, 5.41) is 11.3. The fraction of sp³-hybridized carbons (Fsp3) is 0.467. The first-order valence-corrected chi connectivity index (χ1v) is 6.87. The van der Waals surface area contributed by atoms with Crippen molar-refractivity contribution < 1.29 is 9.53 Å². The van der Waals surface area contributed by atoms with Crippen LogP contribution in [-0.4, -0.2) is 30.6 Å². The number of urea groups is 1. The van der Waals surface area contributed by atoms with E-state index in [-0.39, 0.29) is 6.03 Å². The Morgan fingerprint density at radius 2 is 2.15 bits per heavy atom. The number of hydrogen-bond acceptors (Lipinski definition) is 3. The summed E-state index contributed by atoms with van der Waals surface area (Å²) < 4.78 is 5.53. The summed E-state index contributed by atoms with van der Waals surface area (Å²) in [4.78, 5) is 13.6. The largest absolute Gasteiger partial charge is 0.493 e. The molecule has 0 saturated carbocycles. The third-order valence-corrected chi connectivity index (χ3v) is 2.84. The van der Waals surface area contributed by atoms with Gasteiger partial charge in [0.2, 0.25) is 0 Å². The minimum atomic E-state index is -0.114. The van der Waals surface area contributed by atoms with Crippen molar-refractivity contribution >= 4 is 11.7 Å². The Balaban J connectivity index is 2.55. The van der Waals surface area contributed by atoms with E-state index in [4.69, 9.17) is 10.00 Å². The van der Waals surface area contributed by atoms with E-state index < -0.39 is 0 Å². The molecule has 0 saturated heterocycles. The molecule has 1 rings (SSSR count). The van der Waals surface area contributed by atoms with Gasteiger partial charge in [-0.1, -0.05) is 6.07 Å². The summed E-state index contributed by atoms with van der Waals surface area (Å²) in [5.41, 5.74) is 0.708. The van der Waals surface area contributed by atoms with E-state index >= 15 is 0 Å². The summed E-state index contributed by atoms with van der Waals surface area (Å²) in [7, 11) is 0. The maximum absolute atomic E-state index is 11.9. The van der Waals surface area contributed by atoms with E-state index in [0.29, 0.717) is 44.0 Å². The highest BCUT2D eigenvalue weighted by Gasteiger charge is 2.09. The number of carbonyl (C=O) groups is 1. The van der Waals surface area contributed by atoms with Gasteiger partial charge in [-0.2, -0.15) is 5.26 Å². The van der Waals surface area contributed by atoms with Crippen molar-refractivity contribution in [1.29, 1.82) is 5.26 Å². The Hall–Kier alpha value is -2.22. The summed E-state index contributed by atoms with van der Waals surface area (Å²) in [6, 6.07) is 9.23. The minimum absolute atomic E-state index is 0.114. The molecule has 0 aliphatic carbocycles. The van der Waals surface area contributed by atoms with Crippen LogP contribution >= 0.6 is 0 Å². The molecular formula is C15H21N3O2. The van der Waals surface area contributed by atoms with Gasteiger partial charge in [0.05, 0.1) is 12.7 Å². The predicted octanol–water partition coefficient (Wildman–Crippen LogP) is 3.24. The highest BCUT2D eigenvalue weighted by atomic mass is 16.5. The van der Waals surface area contributed by atoms with Gasteiger partial charge in [0.25, 0.3) is 0 Å². The SMILES string of the molecule is CCN(CC)C(=O)Nc1cccc(OCCCC#N)c1. The smallest absolute Gasteiger partial charge is 0.321 e. The number of carbonyl (C=O) groups excluding carboxylic acids is 1. The molecule has 1 aromatic rings. The van der Waals surface area contributed by atoms with Crippen molar-refractivity contribution in [2.75, 3.05) is 25.0 Å². The van der Waals surface area contributed by atoms with E-state index in [2.05, 4.69) is 11.4 Å². The highest BCUT2D eigenvalue weighted by molar-refractivity contribution is 5.89. The van der Waals surface area contributed by atoms with Gasteiger partial charge < -0.3 is 15.0 Å². The number of nitrogens with zero attached hydrogens (tertiary/aromatic N) is 2. The average molecular weight is 275 g/mol. The number of nitrogens with one attached hydrogen (secondary N) is 1. The second-order valence-corrected chi connectivity index (χ2v) is 4.24. The van der Waals surface area contributed by atoms with Crippen LogP contribution in [-0.2, 0) is 0 Å². The summed E-state index contributed by atoms with van der Waals surface area (Å²) >= 11 is 0. The van der Waals surface area contributed by atoms with Gasteiger partial charge in [0.1, 0.15) is 5.75 Å². The molecular weight excluding hydrogens is 254 g/mol. The summed E-state index contributed by atoms with van der Waals surface area (Å²) in [5.74, 6) is 0.695. The van der Waals surface area contributed by atoms with Crippen LogP contribution in [0.2, 0.25) is 0 Å². The lowest BCUT2D eigenvalue weighted by atomic mass is 10.3. The maximum atomic E-state index is 11.9. The second kappa shape index (κ2) is 8.81. The lowest BCUT2D eigenvalue weighted by Crippen LogP contribution is -2.34. The van der Waals surface area contributed by atoms with E-state index in [1.54, 1.807) is 11.0 Å². The summed E-state index contributed by atoms with van der Waals surface area (Å²) in [6.07, 6.45) is 1.19. The molecule has 0 unspecified atom stereocenters. The van der Waals surface area contributed by atoms with E-state index in [0.717, 1.165) is 0 Å². The topological polar surface area (TPSA) is 65.4 Å². The van der Waals surface area contributed by atoms with Crippen LogP contribution in [0, 0.1) is 11.3 Å². The van der Waals surface area contributed by atoms with Crippen molar-refractivity contribution in [1.82, 2.24) is 4.90 Å². The normalized spacial score (nSPS) is 9.65. The molecule has 5 heteroatoms. The zero-order valence-electron chi connectivity index (χ0n) is 12.1. The lowest BCUT2D eigenvalue weighted by Gasteiger charge is -2.19. The van der Waals surface area contributed by atoms with Crippen molar-refractivity contribution in [2.45, 2.75) is 26.7 Å². The third-order valence-electron chi connectivity index (χ3n) is 2.84. The fourth-order valence-corrected chi connectivity index (χ4v) is 1.72. The molecule has 0 aliphatic rings. The van der Waals surface area contributed by atoms with E-state index in [9.17, 15) is 4.79 Å². The lowest BCUT2D eigenvalue weighted by molar-refractivity contribution is 0.217. The number of nitriles is 1. The fourth-order valence-electron chi connectivity index (χ4n) is 1.72. The average Bonchev–Trinajstić information content (AvgIpc) is 2.45. The molecule has 0 bridgehead atoms. The van der Waals surface area contributed by atoms with Gasteiger partial charge in [-0.15, -0.1) is 0 Å². The summed E-state index contributed by atoms with van der Waals surface area (Å²) in [6.45, 7) is 5.73. The minimum Gasteiger partial charge on any atom is -0.493 e. The van der Waals surface area contributed by atoms with Gasteiger partial charge in [-0.25, -0.2) is 4.79 Å². The first kappa shape index (κ1) is 15.8. The van der Waals surface area contributed by atoms with Gasteiger partial charge in [0.15, 0.2) is 0 Å². The molecule has 0 aromatic heterocycles. The molecule has 1 aromatic carbocycles. The number of benzene rings is 1. The molecule has 0 atom stereocenters. The number of rotatable bonds is 7. The third kappa shape index (κ3) is 5.19. The van der Waals surface area contributed by atoms with Crippen LogP contribution < -0.4 is 10.1 Å². The quantitative estimate of drug-likeness (QED) is 0.777. The molecule has 20 heavy (non-hydrogen) atoms. The van der Waals surface area contributed by atoms with Crippen LogP contribution in [0.25, 0.3) is 0 Å². The molecule has 0 aliphatic heterocycles. The number of hydrogen-bond donors (Lipinski definition) is 1. The predicted molar refractivity (Wildman–Crippen MR) is 78.7 cm³/mol. The standard InChI is InChI=1S/C15H21N3O2/c1-3-18(4-2)15(19)17-13-8-7-9-14(12-13)20-11-6-5-10-16/h7-9,12H,3-6,11H2,1-2H3,(H,17,19). The Bertz CT molecular complexity index is 464. The number of amides is 2. The van der Waals surface area contributed by atoms with Crippen LogP contribution in [0.15, 0.2) is 24.3 Å². The van der Waals surface area contributed by atoms with Crippen molar-refractivity contribution in [2.24, 2.45) is 0 Å². The Morgan fingerprint density at radius 1 is 1.40 bits per heavy atom. The van der Waals surface area contributed by atoms with Crippen LogP contribution in [0.1, 0.15) is 26.7 Å². The number of ether oxygens (including phenoxy) is 1. The number of anilines is 1. The van der Waals surface area contributed by atoms with Gasteiger partial charge in [-0.05, 0) is 32.4 Å². The Morgan fingerprint density at radius 3 is 2.80 bits per heavy atom. The molecule has 5 nitrogen and oxygen atoms in total. The van der Waals surface area contributed by atoms with Crippen molar-refractivity contribution in [3.05, 3.63) is 24.3 Å². The second-order valence-electron chi connectivity index (χ2n) is 4.24. The van der Waals surface area contributed by atoms with Gasteiger partial charge >= 0.3 is 6.03 Å². The molecule has 0 radical (unpaired) electrons. The molecule has 0 heterocycles. The molecule has 0 fully saturated rings. The molecule has 108 valence electrons. The number of unbranched alkanes of at least 4 members (excludes halogenated alkanes) is 1. The first-order chi connectivity index (χ1) is 9.71. The first-order valence-electron chi connectivity index (χ1n) is 6.87. The Kier molecular flexibility index (Phi) is 6.97. The van der Waals surface area contributed by atoms with Crippen LogP contribution in [0.3, 0.4) is 0 Å². The van der Waals surface area contributed by atoms with E-state index in [1.807, 2.05) is 32.0 Å². The monoisotopic (exact) mass is 275 g/mol. The van der Waals surface area contributed by atoms with Crippen LogP contribution in [0.4, 0.5) is 10.5 Å². The molecule has 0 spiro atoms. The molecule has 1 N–H and O–H groups in total. The van der Waals surface area contributed by atoms with E-state index in [1.165, 1.54) is 0 Å². The maximum Gasteiger partial charge on any atom is 0.321 e. The zero-order chi connectivity index (χ0) is 14.8. The van der Waals surface area contributed by atoms with Gasteiger partial charge in [-0.3, -0.25) is 0 Å². The van der Waals surface area contributed by atoms with Crippen LogP contribution in [0.5, 0.6) is 5.75 Å². The van der Waals surface area contributed by atoms with Crippen molar-refractivity contribution in [3.63, 3.8) is 0 Å². The highest BCUT2D eigenvalue weighted by Crippen LogP contribution is 2.18. The molecule has 2 amide bonds.